The number of aryl methyl sites for hydroxylation is 4. The fraction of sp³-hybridized carbons (Fsp3) is 0.324. The Morgan fingerprint density at radius 1 is 0.476 bits per heavy atom. The lowest BCUT2D eigenvalue weighted by Crippen LogP contribution is -2.30. The number of benzene rings is 6. The first-order valence-electron chi connectivity index (χ1n) is 28.9. The van der Waals surface area contributed by atoms with E-state index in [1.807, 2.05) is 42.7 Å². The molecule has 84 heavy (non-hydrogen) atoms. The number of carbonyl (C=O) groups is 2. The standard InChI is InChI=1S/C46H56O11.C25H18N2/c1-6-56-45(49)41-30-37(11-14-44(41)57-26-25-54-22-21-52-18-17-50-5)46(42-27-32(2)7-12-38(42)39-13-8-33(3)28-43(39)46)36-10-9-35(40(29-36)34(4)48)31-55-24-23-53-20-19-51-16-15-47;1-15-7-9-17-18-10-8-16(2)14-22(18)25(21(17)13-15)19-5-3-11-26-23(19)24-20(25)6-4-12-27-24/h7-14,27-30,47H,6,15-26,31H2,1-5H3;3-14H,1-2H3. The molecule has 0 fully saturated rings. The maximum atomic E-state index is 13.7. The van der Waals surface area contributed by atoms with E-state index in [1.54, 1.807) is 21.0 Å². The molecule has 2 heterocycles. The van der Waals surface area contributed by atoms with Crippen molar-refractivity contribution in [1.29, 1.82) is 0 Å². The Morgan fingerprint density at radius 3 is 1.39 bits per heavy atom. The molecule has 13 nitrogen and oxygen atoms in total. The molecule has 0 saturated carbocycles. The van der Waals surface area contributed by atoms with Gasteiger partial charge in [-0.1, -0.05) is 125 Å². The Bertz CT molecular complexity index is 3520. The third-order valence-electron chi connectivity index (χ3n) is 15.9. The van der Waals surface area contributed by atoms with E-state index in [2.05, 4.69) is 131 Å². The smallest absolute Gasteiger partial charge is 0.341 e. The third kappa shape index (κ3) is 11.6. The second-order valence-electron chi connectivity index (χ2n) is 21.4. The number of ether oxygens (including phenoxy) is 8. The van der Waals surface area contributed by atoms with Crippen LogP contribution in [0.15, 0.2) is 146 Å². The number of ketones is 1. The molecular formula is C71H74N2O11. The molecule has 11 rings (SSSR count). The normalized spacial score (nSPS) is 13.3. The number of fused-ring (bicyclic) bond motifs is 13. The van der Waals surface area contributed by atoms with Crippen LogP contribution in [0.4, 0.5) is 0 Å². The lowest BCUT2D eigenvalue weighted by molar-refractivity contribution is 0.00443. The summed E-state index contributed by atoms with van der Waals surface area (Å²) in [6.45, 7) is 16.4. The van der Waals surface area contributed by atoms with Gasteiger partial charge in [0.05, 0.1) is 108 Å². The minimum Gasteiger partial charge on any atom is -0.490 e. The zero-order chi connectivity index (χ0) is 58.8. The molecule has 0 amide bonds. The van der Waals surface area contributed by atoms with Crippen molar-refractivity contribution in [3.05, 3.63) is 229 Å². The van der Waals surface area contributed by atoms with Crippen molar-refractivity contribution in [3.8, 4) is 39.4 Å². The van der Waals surface area contributed by atoms with E-state index in [1.165, 1.54) is 44.5 Å². The number of Topliss-reactive ketones (excluding diaryl/α,β-unsaturated/α-hetero) is 1. The van der Waals surface area contributed by atoms with Crippen LogP contribution in [0.25, 0.3) is 33.6 Å². The topological polar surface area (TPSA) is 154 Å². The molecule has 0 unspecified atom stereocenters. The predicted molar refractivity (Wildman–Crippen MR) is 324 cm³/mol. The summed E-state index contributed by atoms with van der Waals surface area (Å²) in [4.78, 5) is 36.6. The predicted octanol–water partition coefficient (Wildman–Crippen LogP) is 12.1. The second kappa shape index (κ2) is 26.9. The number of hydrogen-bond donors (Lipinski definition) is 1. The molecule has 434 valence electrons. The largest absolute Gasteiger partial charge is 0.490 e. The van der Waals surface area contributed by atoms with Crippen LogP contribution in [0.1, 0.15) is 107 Å². The van der Waals surface area contributed by atoms with Gasteiger partial charge in [-0.3, -0.25) is 14.8 Å². The Labute approximate surface area is 492 Å². The minimum atomic E-state index is -0.913. The first-order valence-corrected chi connectivity index (χ1v) is 28.9. The fourth-order valence-electron chi connectivity index (χ4n) is 12.3. The molecule has 3 aliphatic rings. The van der Waals surface area contributed by atoms with Crippen LogP contribution in [0.5, 0.6) is 5.75 Å². The van der Waals surface area contributed by atoms with Gasteiger partial charge in [-0.05, 0) is 144 Å². The Kier molecular flexibility index (Phi) is 19.0. The van der Waals surface area contributed by atoms with Crippen molar-refractivity contribution < 1.29 is 52.6 Å². The van der Waals surface area contributed by atoms with Crippen LogP contribution in [0.2, 0.25) is 0 Å². The highest BCUT2D eigenvalue weighted by Crippen LogP contribution is 2.62. The zero-order valence-corrected chi connectivity index (χ0v) is 49.2. The average Bonchev–Trinajstić information content (AvgIpc) is 1.77. The number of aliphatic hydroxyl groups is 1. The maximum Gasteiger partial charge on any atom is 0.341 e. The highest BCUT2D eigenvalue weighted by molar-refractivity contribution is 5.98. The lowest BCUT2D eigenvalue weighted by Gasteiger charge is -2.35. The van der Waals surface area contributed by atoms with Crippen LogP contribution in [-0.2, 0) is 50.6 Å². The van der Waals surface area contributed by atoms with Gasteiger partial charge in [0.15, 0.2) is 5.78 Å². The number of rotatable bonds is 25. The van der Waals surface area contributed by atoms with Crippen molar-refractivity contribution in [2.75, 3.05) is 93.0 Å². The summed E-state index contributed by atoms with van der Waals surface area (Å²) in [6.07, 6.45) is 3.75. The number of methoxy groups -OCH3 is 1. The van der Waals surface area contributed by atoms with Gasteiger partial charge in [-0.25, -0.2) is 4.79 Å². The van der Waals surface area contributed by atoms with E-state index >= 15 is 0 Å². The molecule has 0 atom stereocenters. The number of carbonyl (C=O) groups excluding carboxylic acids is 2. The van der Waals surface area contributed by atoms with Gasteiger partial charge in [0.1, 0.15) is 17.9 Å². The summed E-state index contributed by atoms with van der Waals surface area (Å²) in [5, 5.41) is 8.85. The molecule has 2 aromatic heterocycles. The number of hydrogen-bond acceptors (Lipinski definition) is 13. The van der Waals surface area contributed by atoms with E-state index in [9.17, 15) is 9.59 Å². The second-order valence-corrected chi connectivity index (χ2v) is 21.4. The highest BCUT2D eigenvalue weighted by Gasteiger charge is 2.53. The quantitative estimate of drug-likeness (QED) is 0.0328. The number of aliphatic hydroxyl groups excluding tert-OH is 1. The van der Waals surface area contributed by atoms with Gasteiger partial charge in [-0.2, -0.15) is 0 Å². The summed E-state index contributed by atoms with van der Waals surface area (Å²) in [5.41, 5.74) is 20.9. The van der Waals surface area contributed by atoms with Gasteiger partial charge in [0.2, 0.25) is 0 Å². The Balaban J connectivity index is 0.000000238. The van der Waals surface area contributed by atoms with Crippen molar-refractivity contribution >= 4 is 11.8 Å². The van der Waals surface area contributed by atoms with Crippen LogP contribution < -0.4 is 4.74 Å². The Hall–Kier alpha value is -7.72. The fourth-order valence-corrected chi connectivity index (χ4v) is 12.3. The molecule has 6 aromatic carbocycles. The van der Waals surface area contributed by atoms with Gasteiger partial charge in [0.25, 0.3) is 0 Å². The van der Waals surface area contributed by atoms with Crippen LogP contribution in [-0.4, -0.2) is 120 Å². The third-order valence-corrected chi connectivity index (χ3v) is 15.9. The summed E-state index contributed by atoms with van der Waals surface area (Å²) < 4.78 is 44.7. The minimum absolute atomic E-state index is 0.0279. The molecular weight excluding hydrogens is 1060 g/mol. The molecule has 0 radical (unpaired) electrons. The monoisotopic (exact) mass is 1130 g/mol. The summed E-state index contributed by atoms with van der Waals surface area (Å²) >= 11 is 0. The SMILES string of the molecule is CCOC(=O)c1cc(C2(c3ccc(COCCOCCOCCO)c(C(C)=O)c3)c3cc(C)ccc3-c3ccc(C)cc32)ccc1OCCOCCOCCOC.Cc1ccc2c(c1)C1(c3cc(C)ccc3-2)c2cccnc2-c2ncccc21. The molecule has 8 aromatic rings. The van der Waals surface area contributed by atoms with E-state index in [4.69, 9.17) is 53.0 Å². The van der Waals surface area contributed by atoms with E-state index < -0.39 is 11.4 Å². The zero-order valence-electron chi connectivity index (χ0n) is 49.2. The lowest BCUT2D eigenvalue weighted by atomic mass is 9.66. The van der Waals surface area contributed by atoms with Crippen molar-refractivity contribution in [2.45, 2.75) is 59.0 Å². The molecule has 1 spiro atoms. The van der Waals surface area contributed by atoms with Gasteiger partial charge >= 0.3 is 5.97 Å². The van der Waals surface area contributed by atoms with Crippen molar-refractivity contribution in [3.63, 3.8) is 0 Å². The summed E-state index contributed by atoms with van der Waals surface area (Å²) in [7, 11) is 1.63. The van der Waals surface area contributed by atoms with Gasteiger partial charge in [0, 0.05) is 25.1 Å². The highest BCUT2D eigenvalue weighted by atomic mass is 16.6. The number of aromatic nitrogens is 2. The first-order chi connectivity index (χ1) is 41.0. The average molecular weight is 1130 g/mol. The molecule has 0 bridgehead atoms. The first kappa shape index (κ1) is 59.4. The molecule has 13 heteroatoms. The van der Waals surface area contributed by atoms with Crippen LogP contribution in [0.3, 0.4) is 0 Å². The van der Waals surface area contributed by atoms with Crippen molar-refractivity contribution in [2.24, 2.45) is 0 Å². The Morgan fingerprint density at radius 2 is 0.917 bits per heavy atom. The number of nitrogens with zero attached hydrogens (tertiary/aromatic N) is 2. The van der Waals surface area contributed by atoms with Gasteiger partial charge in [-0.15, -0.1) is 0 Å². The molecule has 3 aliphatic carbocycles. The number of pyridine rings is 2. The van der Waals surface area contributed by atoms with Crippen LogP contribution in [0, 0.1) is 27.7 Å². The van der Waals surface area contributed by atoms with E-state index in [0.29, 0.717) is 76.3 Å². The maximum absolute atomic E-state index is 13.7. The number of esters is 1. The van der Waals surface area contributed by atoms with E-state index in [-0.39, 0.29) is 44.2 Å². The van der Waals surface area contributed by atoms with Crippen molar-refractivity contribution in [1.82, 2.24) is 9.97 Å². The summed E-state index contributed by atoms with van der Waals surface area (Å²) in [6, 6.07) is 46.9. The van der Waals surface area contributed by atoms with E-state index in [0.717, 1.165) is 61.5 Å². The van der Waals surface area contributed by atoms with Gasteiger partial charge < -0.3 is 43.0 Å². The summed E-state index contributed by atoms with van der Waals surface area (Å²) in [5.74, 6) is -0.199. The molecule has 1 N–H and O–H groups in total. The molecule has 0 aliphatic heterocycles. The molecule has 0 saturated heterocycles. The van der Waals surface area contributed by atoms with Crippen LogP contribution >= 0.6 is 0 Å².